The molecule has 0 saturated carbocycles. The first-order valence-corrected chi connectivity index (χ1v) is 6.90. The van der Waals surface area contributed by atoms with E-state index in [0.29, 0.717) is 12.2 Å². The minimum absolute atomic E-state index is 0.00694. The van der Waals surface area contributed by atoms with Crippen LogP contribution in [-0.4, -0.2) is 33.3 Å². The predicted molar refractivity (Wildman–Crippen MR) is 79.4 cm³/mol. The fourth-order valence-electron chi connectivity index (χ4n) is 2.58. The van der Waals surface area contributed by atoms with Crippen molar-refractivity contribution in [2.24, 2.45) is 5.92 Å². The predicted octanol–water partition coefficient (Wildman–Crippen LogP) is 0.178. The molecule has 22 heavy (non-hydrogen) atoms. The van der Waals surface area contributed by atoms with Gasteiger partial charge in [0.15, 0.2) is 0 Å². The quantitative estimate of drug-likeness (QED) is 0.816. The number of aromatic amines is 2. The number of anilines is 1. The number of aryl methyl sites for hydroxylation is 1. The van der Waals surface area contributed by atoms with Gasteiger partial charge < -0.3 is 9.88 Å². The van der Waals surface area contributed by atoms with Gasteiger partial charge in [-0.05, 0) is 19.4 Å². The highest BCUT2D eigenvalue weighted by atomic mass is 16.2. The van der Waals surface area contributed by atoms with Gasteiger partial charge in [-0.15, -0.1) is 5.10 Å². The monoisotopic (exact) mass is 298 g/mol. The van der Waals surface area contributed by atoms with E-state index in [1.165, 1.54) is 6.20 Å². The lowest BCUT2D eigenvalue weighted by Crippen LogP contribution is -2.24. The summed E-state index contributed by atoms with van der Waals surface area (Å²) < 4.78 is 0. The molecule has 1 atom stereocenters. The smallest absolute Gasteiger partial charge is 0.325 e. The molecule has 1 saturated heterocycles. The molecule has 3 rings (SSSR count). The standard InChI is InChI=1S/C14H14N6O2/c1-8-12(20-3-2-9(5-15)7-20)4-11(19-18-8)10-6-16-14(22)17-13(10)21/h4,6,9H,2-3,7H2,1H3,(H2,16,17,21,22)/t9-/m1/s1. The van der Waals surface area contributed by atoms with Crippen LogP contribution in [0.2, 0.25) is 0 Å². The summed E-state index contributed by atoms with van der Waals surface area (Å²) in [6.07, 6.45) is 2.14. The highest BCUT2D eigenvalue weighted by molar-refractivity contribution is 5.64. The fourth-order valence-corrected chi connectivity index (χ4v) is 2.58. The van der Waals surface area contributed by atoms with Gasteiger partial charge in [0.2, 0.25) is 0 Å². The van der Waals surface area contributed by atoms with Gasteiger partial charge in [-0.25, -0.2) is 4.79 Å². The molecule has 1 aliphatic heterocycles. The number of hydrogen-bond donors (Lipinski definition) is 2. The number of hydrogen-bond acceptors (Lipinski definition) is 6. The number of rotatable bonds is 2. The molecule has 0 aromatic carbocycles. The number of nitrogens with zero attached hydrogens (tertiary/aromatic N) is 4. The Bertz CT molecular complexity index is 863. The SMILES string of the molecule is Cc1nnc(-c2c[nH]c(=O)[nH]c2=O)cc1N1CC[C@H](C#N)C1. The van der Waals surface area contributed by atoms with Gasteiger partial charge in [0.05, 0.1) is 28.9 Å². The lowest BCUT2D eigenvalue weighted by atomic mass is 10.1. The Morgan fingerprint density at radius 1 is 1.41 bits per heavy atom. The maximum atomic E-state index is 11.9. The molecule has 2 N–H and O–H groups in total. The lowest BCUT2D eigenvalue weighted by Gasteiger charge is -2.19. The van der Waals surface area contributed by atoms with Gasteiger partial charge >= 0.3 is 5.69 Å². The summed E-state index contributed by atoms with van der Waals surface area (Å²) in [4.78, 5) is 29.6. The van der Waals surface area contributed by atoms with Crippen LogP contribution in [-0.2, 0) is 0 Å². The van der Waals surface area contributed by atoms with E-state index >= 15 is 0 Å². The Balaban J connectivity index is 2.02. The third-order valence-corrected chi connectivity index (χ3v) is 3.76. The van der Waals surface area contributed by atoms with Gasteiger partial charge in [0.1, 0.15) is 5.69 Å². The summed E-state index contributed by atoms with van der Waals surface area (Å²) in [7, 11) is 0. The maximum Gasteiger partial charge on any atom is 0.325 e. The molecule has 0 radical (unpaired) electrons. The molecule has 0 aliphatic carbocycles. The number of nitriles is 1. The van der Waals surface area contributed by atoms with E-state index in [-0.39, 0.29) is 11.5 Å². The van der Waals surface area contributed by atoms with Crippen molar-refractivity contribution in [1.29, 1.82) is 5.26 Å². The van der Waals surface area contributed by atoms with E-state index in [2.05, 4.69) is 31.1 Å². The molecule has 0 amide bonds. The van der Waals surface area contributed by atoms with Gasteiger partial charge in [-0.3, -0.25) is 9.78 Å². The number of H-pyrrole nitrogens is 2. The van der Waals surface area contributed by atoms with Crippen LogP contribution >= 0.6 is 0 Å². The van der Waals surface area contributed by atoms with E-state index in [4.69, 9.17) is 5.26 Å². The molecule has 2 aromatic rings. The fraction of sp³-hybridized carbons (Fsp3) is 0.357. The molecule has 0 spiro atoms. The maximum absolute atomic E-state index is 11.9. The Labute approximate surface area is 125 Å². The highest BCUT2D eigenvalue weighted by Crippen LogP contribution is 2.27. The second kappa shape index (κ2) is 5.44. The number of nitrogens with one attached hydrogen (secondary N) is 2. The van der Waals surface area contributed by atoms with Crippen LogP contribution in [0.15, 0.2) is 21.9 Å². The van der Waals surface area contributed by atoms with Crippen molar-refractivity contribution < 1.29 is 0 Å². The van der Waals surface area contributed by atoms with Crippen molar-refractivity contribution in [2.75, 3.05) is 18.0 Å². The Hall–Kier alpha value is -2.95. The van der Waals surface area contributed by atoms with Crippen molar-refractivity contribution in [3.05, 3.63) is 38.8 Å². The van der Waals surface area contributed by atoms with Crippen molar-refractivity contribution >= 4 is 5.69 Å². The van der Waals surface area contributed by atoms with E-state index in [9.17, 15) is 9.59 Å². The zero-order chi connectivity index (χ0) is 15.7. The molecule has 0 bridgehead atoms. The third-order valence-electron chi connectivity index (χ3n) is 3.76. The van der Waals surface area contributed by atoms with Crippen molar-refractivity contribution in [1.82, 2.24) is 20.2 Å². The summed E-state index contributed by atoms with van der Waals surface area (Å²) in [5, 5.41) is 17.1. The van der Waals surface area contributed by atoms with Crippen LogP contribution in [0.1, 0.15) is 12.1 Å². The second-order valence-electron chi connectivity index (χ2n) is 5.25. The molecule has 112 valence electrons. The first-order valence-electron chi connectivity index (χ1n) is 6.90. The summed E-state index contributed by atoms with van der Waals surface area (Å²) in [5.41, 5.74) is 1.16. The topological polar surface area (TPSA) is 119 Å². The van der Waals surface area contributed by atoms with E-state index < -0.39 is 11.2 Å². The summed E-state index contributed by atoms with van der Waals surface area (Å²) in [6.45, 7) is 3.25. The van der Waals surface area contributed by atoms with Crippen molar-refractivity contribution in [3.63, 3.8) is 0 Å². The molecule has 8 heteroatoms. The van der Waals surface area contributed by atoms with Gasteiger partial charge in [0, 0.05) is 19.3 Å². The van der Waals surface area contributed by atoms with E-state index in [1.54, 1.807) is 6.07 Å². The van der Waals surface area contributed by atoms with E-state index in [0.717, 1.165) is 24.3 Å². The van der Waals surface area contributed by atoms with Crippen molar-refractivity contribution in [3.8, 4) is 17.3 Å². The average molecular weight is 298 g/mol. The van der Waals surface area contributed by atoms with Gasteiger partial charge in [-0.1, -0.05) is 0 Å². The lowest BCUT2D eigenvalue weighted by molar-refractivity contribution is 0.754. The second-order valence-corrected chi connectivity index (χ2v) is 5.25. The highest BCUT2D eigenvalue weighted by Gasteiger charge is 2.24. The van der Waals surface area contributed by atoms with Crippen LogP contribution in [0.3, 0.4) is 0 Å². The molecule has 1 fully saturated rings. The van der Waals surface area contributed by atoms with E-state index in [1.807, 2.05) is 6.92 Å². The molecule has 0 unspecified atom stereocenters. The van der Waals surface area contributed by atoms with Crippen LogP contribution < -0.4 is 16.1 Å². The molecule has 8 nitrogen and oxygen atoms in total. The van der Waals surface area contributed by atoms with Crippen LogP contribution in [0.4, 0.5) is 5.69 Å². The van der Waals surface area contributed by atoms with Crippen LogP contribution in [0.5, 0.6) is 0 Å². The molecule has 3 heterocycles. The first-order chi connectivity index (χ1) is 10.6. The van der Waals surface area contributed by atoms with Gasteiger partial charge in [0.25, 0.3) is 5.56 Å². The minimum Gasteiger partial charge on any atom is -0.369 e. The Morgan fingerprint density at radius 3 is 2.91 bits per heavy atom. The van der Waals surface area contributed by atoms with Gasteiger partial charge in [-0.2, -0.15) is 10.4 Å². The molecule has 1 aliphatic rings. The molecule has 2 aromatic heterocycles. The Kier molecular flexibility index (Phi) is 3.47. The number of aromatic nitrogens is 4. The molecular weight excluding hydrogens is 284 g/mol. The zero-order valence-electron chi connectivity index (χ0n) is 12.0. The summed E-state index contributed by atoms with van der Waals surface area (Å²) >= 11 is 0. The normalized spacial score (nSPS) is 17.5. The zero-order valence-corrected chi connectivity index (χ0v) is 12.0. The first kappa shape index (κ1) is 14.0. The Morgan fingerprint density at radius 2 is 2.23 bits per heavy atom. The van der Waals surface area contributed by atoms with Crippen LogP contribution in [0, 0.1) is 24.2 Å². The summed E-state index contributed by atoms with van der Waals surface area (Å²) in [6, 6.07) is 4.04. The van der Waals surface area contributed by atoms with Crippen molar-refractivity contribution in [2.45, 2.75) is 13.3 Å². The largest absolute Gasteiger partial charge is 0.369 e. The third kappa shape index (κ3) is 2.48. The minimum atomic E-state index is -0.564. The van der Waals surface area contributed by atoms with Crippen LogP contribution in [0.25, 0.3) is 11.3 Å². The molecular formula is C14H14N6O2. The average Bonchev–Trinajstić information content (AvgIpc) is 2.97. The summed E-state index contributed by atoms with van der Waals surface area (Å²) in [5.74, 6) is 0.00694.